The van der Waals surface area contributed by atoms with Gasteiger partial charge in [0, 0.05) is 6.08 Å². The minimum absolute atomic E-state index is 0.138. The number of aryl methyl sites for hydroxylation is 1. The molecule has 0 N–H and O–H groups in total. The molecule has 2 rings (SSSR count). The Morgan fingerprint density at radius 3 is 1.95 bits per heavy atom. The van der Waals surface area contributed by atoms with Crippen LogP contribution < -0.4 is 0 Å². The van der Waals surface area contributed by atoms with Crippen LogP contribution in [0.4, 0.5) is 35.1 Å². The van der Waals surface area contributed by atoms with E-state index in [1.165, 1.54) is 6.92 Å². The molecule has 0 bridgehead atoms. The third kappa shape index (κ3) is 1.59. The van der Waals surface area contributed by atoms with E-state index in [1.54, 1.807) is 0 Å². The summed E-state index contributed by atoms with van der Waals surface area (Å²) in [5.74, 6) is -25.0. The Kier molecular flexibility index (Phi) is 2.76. The van der Waals surface area contributed by atoms with Crippen molar-refractivity contribution in [3.8, 4) is 0 Å². The Balaban J connectivity index is 2.72. The number of alkyl halides is 8. The summed E-state index contributed by atoms with van der Waals surface area (Å²) in [7, 11) is 0. The highest BCUT2D eigenvalue weighted by molar-refractivity contribution is 5.70. The number of hydrogen-bond acceptors (Lipinski definition) is 2. The Bertz CT molecular complexity index is 574. The van der Waals surface area contributed by atoms with E-state index in [9.17, 15) is 35.1 Å². The van der Waals surface area contributed by atoms with Gasteiger partial charge in [-0.1, -0.05) is 0 Å². The van der Waals surface area contributed by atoms with Gasteiger partial charge in [0.05, 0.1) is 11.8 Å². The largest absolute Gasteiger partial charge is 0.442 e. The molecule has 112 valence electrons. The summed E-state index contributed by atoms with van der Waals surface area (Å²) in [5.41, 5.74) is -2.08. The van der Waals surface area contributed by atoms with E-state index in [0.29, 0.717) is 0 Å². The second-order valence-electron chi connectivity index (χ2n) is 4.18. The lowest BCUT2D eigenvalue weighted by Crippen LogP contribution is -2.65. The molecule has 1 aromatic heterocycles. The van der Waals surface area contributed by atoms with Crippen LogP contribution in [0.3, 0.4) is 0 Å². The van der Waals surface area contributed by atoms with Crippen molar-refractivity contribution in [1.82, 2.24) is 4.98 Å². The van der Waals surface area contributed by atoms with Crippen LogP contribution in [0.1, 0.15) is 11.7 Å². The smallest absolute Gasteiger partial charge is 0.383 e. The molecule has 0 saturated carbocycles. The van der Waals surface area contributed by atoms with Gasteiger partial charge < -0.3 is 4.42 Å². The van der Waals surface area contributed by atoms with Gasteiger partial charge in [0.1, 0.15) is 5.76 Å². The monoisotopic (exact) mass is 307 g/mol. The molecule has 1 aromatic rings. The second kappa shape index (κ2) is 3.73. The van der Waals surface area contributed by atoms with Crippen LogP contribution in [0.2, 0.25) is 0 Å². The van der Waals surface area contributed by atoms with Gasteiger partial charge in [-0.25, -0.2) is 4.98 Å². The van der Waals surface area contributed by atoms with Crippen LogP contribution in [0.5, 0.6) is 0 Å². The lowest BCUT2D eigenvalue weighted by molar-refractivity contribution is -0.348. The molecular formula is C10H5F8NO. The maximum absolute atomic E-state index is 13.4. The minimum Gasteiger partial charge on any atom is -0.442 e. The lowest BCUT2D eigenvalue weighted by Gasteiger charge is -2.40. The molecular weight excluding hydrogens is 302 g/mol. The minimum atomic E-state index is -6.30. The average molecular weight is 307 g/mol. The quantitative estimate of drug-likeness (QED) is 0.735. The Labute approximate surface area is 106 Å². The third-order valence-corrected chi connectivity index (χ3v) is 2.72. The molecule has 0 amide bonds. The molecule has 10 heteroatoms. The average Bonchev–Trinajstić information content (AvgIpc) is 2.70. The van der Waals surface area contributed by atoms with Crippen LogP contribution in [-0.4, -0.2) is 28.7 Å². The fourth-order valence-corrected chi connectivity index (χ4v) is 1.61. The van der Waals surface area contributed by atoms with Crippen molar-refractivity contribution in [2.75, 3.05) is 0 Å². The molecule has 0 saturated heterocycles. The van der Waals surface area contributed by atoms with Gasteiger partial charge in [-0.2, -0.15) is 35.1 Å². The van der Waals surface area contributed by atoms with Gasteiger partial charge in [-0.15, -0.1) is 0 Å². The highest BCUT2D eigenvalue weighted by atomic mass is 19.4. The van der Waals surface area contributed by atoms with Gasteiger partial charge in [0.2, 0.25) is 5.89 Å². The van der Waals surface area contributed by atoms with Gasteiger partial charge in [0.25, 0.3) is 0 Å². The van der Waals surface area contributed by atoms with E-state index in [4.69, 9.17) is 0 Å². The molecule has 2 nitrogen and oxygen atoms in total. The molecule has 0 radical (unpaired) electrons. The molecule has 0 aromatic carbocycles. The van der Waals surface area contributed by atoms with Crippen molar-refractivity contribution >= 4 is 5.57 Å². The van der Waals surface area contributed by atoms with Crippen molar-refractivity contribution in [2.24, 2.45) is 0 Å². The summed E-state index contributed by atoms with van der Waals surface area (Å²) in [6, 6.07) is 0. The van der Waals surface area contributed by atoms with Crippen LogP contribution >= 0.6 is 0 Å². The summed E-state index contributed by atoms with van der Waals surface area (Å²) in [5, 5.41) is 0. The molecule has 1 aliphatic rings. The standard InChI is InChI=1S/C10H5F8NO/c1-4-3-19-6(20-4)5-2-7(11,12)9(15,16)10(17,18)8(5,13)14/h2-3H,1H3. The highest BCUT2D eigenvalue weighted by Gasteiger charge is 2.84. The van der Waals surface area contributed by atoms with Crippen molar-refractivity contribution in [3.05, 3.63) is 23.9 Å². The van der Waals surface area contributed by atoms with Crippen LogP contribution in [0.15, 0.2) is 16.7 Å². The second-order valence-corrected chi connectivity index (χ2v) is 4.18. The third-order valence-electron chi connectivity index (χ3n) is 2.72. The zero-order chi connectivity index (χ0) is 15.6. The molecule has 0 atom stereocenters. The van der Waals surface area contributed by atoms with Crippen molar-refractivity contribution in [1.29, 1.82) is 0 Å². The fraction of sp³-hybridized carbons (Fsp3) is 0.500. The maximum Gasteiger partial charge on any atom is 0.383 e. The summed E-state index contributed by atoms with van der Waals surface area (Å²) in [6.07, 6.45) is -0.134. The van der Waals surface area contributed by atoms with Gasteiger partial charge in [0.15, 0.2) is 0 Å². The van der Waals surface area contributed by atoms with E-state index in [-0.39, 0.29) is 5.76 Å². The molecule has 0 fully saturated rings. The fourth-order valence-electron chi connectivity index (χ4n) is 1.61. The summed E-state index contributed by atoms with van der Waals surface area (Å²) in [4.78, 5) is 3.09. The molecule has 1 heterocycles. The molecule has 0 aliphatic heterocycles. The molecule has 20 heavy (non-hydrogen) atoms. The first-order chi connectivity index (χ1) is 8.84. The van der Waals surface area contributed by atoms with E-state index < -0.39 is 41.2 Å². The topological polar surface area (TPSA) is 26.0 Å². The van der Waals surface area contributed by atoms with Gasteiger partial charge in [-0.3, -0.25) is 0 Å². The van der Waals surface area contributed by atoms with Crippen molar-refractivity contribution in [2.45, 2.75) is 30.6 Å². The van der Waals surface area contributed by atoms with Crippen molar-refractivity contribution < 1.29 is 39.5 Å². The number of hydrogen-bond donors (Lipinski definition) is 0. The summed E-state index contributed by atoms with van der Waals surface area (Å²) in [6.45, 7) is 1.18. The van der Waals surface area contributed by atoms with E-state index in [0.717, 1.165) is 6.20 Å². The number of aromatic nitrogens is 1. The number of halogens is 8. The summed E-state index contributed by atoms with van der Waals surface area (Å²) < 4.78 is 109. The zero-order valence-electron chi connectivity index (χ0n) is 9.53. The number of rotatable bonds is 1. The normalized spacial score (nSPS) is 26.1. The van der Waals surface area contributed by atoms with E-state index >= 15 is 0 Å². The Hall–Kier alpha value is -1.61. The van der Waals surface area contributed by atoms with Crippen molar-refractivity contribution in [3.63, 3.8) is 0 Å². The Morgan fingerprint density at radius 2 is 1.50 bits per heavy atom. The molecule has 0 unspecified atom stereocenters. The number of nitrogens with zero attached hydrogens (tertiary/aromatic N) is 1. The molecule has 1 aliphatic carbocycles. The molecule has 0 spiro atoms. The van der Waals surface area contributed by atoms with E-state index in [1.807, 2.05) is 0 Å². The van der Waals surface area contributed by atoms with E-state index in [2.05, 4.69) is 9.40 Å². The maximum atomic E-state index is 13.4. The first kappa shape index (κ1) is 14.8. The first-order valence-corrected chi connectivity index (χ1v) is 5.02. The van der Waals surface area contributed by atoms with Gasteiger partial charge >= 0.3 is 23.7 Å². The Morgan fingerprint density at radius 1 is 0.950 bits per heavy atom. The van der Waals surface area contributed by atoms with Crippen LogP contribution in [0.25, 0.3) is 5.57 Å². The number of oxazole rings is 1. The SMILES string of the molecule is Cc1cnc(C2=CC(F)(F)C(F)(F)C(F)(F)C2(F)F)o1. The predicted molar refractivity (Wildman–Crippen MR) is 49.0 cm³/mol. The van der Waals surface area contributed by atoms with Crippen LogP contribution in [0, 0.1) is 6.92 Å². The first-order valence-electron chi connectivity index (χ1n) is 5.02. The highest BCUT2D eigenvalue weighted by Crippen LogP contribution is 2.60. The summed E-state index contributed by atoms with van der Waals surface area (Å²) >= 11 is 0. The predicted octanol–water partition coefficient (Wildman–Crippen LogP) is 3.92. The lowest BCUT2D eigenvalue weighted by atomic mass is 9.86. The zero-order valence-corrected chi connectivity index (χ0v) is 9.53. The van der Waals surface area contributed by atoms with Gasteiger partial charge in [-0.05, 0) is 6.92 Å². The van der Waals surface area contributed by atoms with Crippen LogP contribution in [-0.2, 0) is 0 Å². The number of allylic oxidation sites excluding steroid dienone is 2.